The molecule has 0 aliphatic heterocycles. The number of non-ortho nitro benzene ring substituents is 1. The molecule has 0 aromatic heterocycles. The molecule has 1 aliphatic carbocycles. The highest BCUT2D eigenvalue weighted by molar-refractivity contribution is 6.26. The van der Waals surface area contributed by atoms with Gasteiger partial charge in [-0.05, 0) is 30.7 Å². The van der Waals surface area contributed by atoms with Crippen LogP contribution in [0.15, 0.2) is 59.6 Å². The van der Waals surface area contributed by atoms with Crippen LogP contribution in [0.1, 0.15) is 16.7 Å². The molecule has 3 aromatic carbocycles. The quantitative estimate of drug-likeness (QED) is 0.362. The maximum absolute atomic E-state index is 11.7. The third kappa shape index (κ3) is 3.00. The predicted octanol–water partition coefficient (Wildman–Crippen LogP) is 4.97. The van der Waals surface area contributed by atoms with Gasteiger partial charge in [-0.25, -0.2) is 4.99 Å². The lowest BCUT2D eigenvalue weighted by Crippen LogP contribution is -2.01. The fraction of sp³-hybridized carbons (Fsp3) is 0.0952. The highest BCUT2D eigenvalue weighted by Gasteiger charge is 2.35. The summed E-state index contributed by atoms with van der Waals surface area (Å²) in [6, 6.07) is 14.9. The fourth-order valence-electron chi connectivity index (χ4n) is 3.51. The van der Waals surface area contributed by atoms with Crippen LogP contribution in [0.2, 0.25) is 0 Å². The van der Waals surface area contributed by atoms with E-state index in [1.807, 2.05) is 19.1 Å². The summed E-state index contributed by atoms with van der Waals surface area (Å²) in [6.45, 7) is 1.90. The number of nitro benzene ring substituents is 2. The van der Waals surface area contributed by atoms with Crippen LogP contribution >= 0.6 is 0 Å². The van der Waals surface area contributed by atoms with E-state index in [1.54, 1.807) is 30.3 Å². The van der Waals surface area contributed by atoms with Crippen molar-refractivity contribution in [1.82, 2.24) is 0 Å². The Kier molecular flexibility index (Phi) is 4.31. The zero-order valence-electron chi connectivity index (χ0n) is 15.6. The second-order valence-electron chi connectivity index (χ2n) is 6.58. The number of methoxy groups -OCH3 is 1. The molecule has 8 nitrogen and oxygen atoms in total. The van der Waals surface area contributed by atoms with Crippen molar-refractivity contribution in [3.8, 4) is 16.9 Å². The topological polar surface area (TPSA) is 108 Å². The highest BCUT2D eigenvalue weighted by atomic mass is 16.6. The summed E-state index contributed by atoms with van der Waals surface area (Å²) < 4.78 is 5.36. The number of fused-ring (bicyclic) bond motifs is 3. The molecule has 4 rings (SSSR count). The molecule has 0 saturated heterocycles. The van der Waals surface area contributed by atoms with Gasteiger partial charge in [0, 0.05) is 17.2 Å². The molecular formula is C21H15N3O5. The minimum Gasteiger partial charge on any atom is -0.494 e. The van der Waals surface area contributed by atoms with Crippen molar-refractivity contribution in [2.24, 2.45) is 4.99 Å². The van der Waals surface area contributed by atoms with Crippen molar-refractivity contribution in [2.75, 3.05) is 7.11 Å². The third-order valence-electron chi connectivity index (χ3n) is 4.78. The number of benzene rings is 3. The maximum atomic E-state index is 11.7. The number of aliphatic imine (C=N–C) groups is 1. The monoisotopic (exact) mass is 389 g/mol. The van der Waals surface area contributed by atoms with Crippen molar-refractivity contribution in [1.29, 1.82) is 0 Å². The van der Waals surface area contributed by atoms with E-state index in [-0.39, 0.29) is 11.4 Å². The first-order valence-corrected chi connectivity index (χ1v) is 8.71. The van der Waals surface area contributed by atoms with Crippen molar-refractivity contribution in [3.63, 3.8) is 0 Å². The largest absolute Gasteiger partial charge is 0.494 e. The molecule has 0 spiro atoms. The molecule has 0 fully saturated rings. The van der Waals surface area contributed by atoms with Crippen molar-refractivity contribution in [3.05, 3.63) is 91.5 Å². The van der Waals surface area contributed by atoms with Gasteiger partial charge in [0.2, 0.25) is 0 Å². The SMILES string of the molecule is COc1ccccc1N=C1c2cc(C)ccc2-c2c1cc([N+](=O)[O-])cc2[N+](=O)[O-]. The molecule has 1 aliphatic rings. The molecule has 0 radical (unpaired) electrons. The predicted molar refractivity (Wildman–Crippen MR) is 108 cm³/mol. The van der Waals surface area contributed by atoms with Crippen molar-refractivity contribution < 1.29 is 14.6 Å². The molecule has 0 bridgehead atoms. The molecule has 0 unspecified atom stereocenters. The Morgan fingerprint density at radius 2 is 1.66 bits per heavy atom. The Balaban J connectivity index is 2.09. The average Bonchev–Trinajstić information content (AvgIpc) is 3.00. The van der Waals surface area contributed by atoms with Crippen molar-refractivity contribution >= 4 is 22.8 Å². The van der Waals surface area contributed by atoms with Crippen molar-refractivity contribution in [2.45, 2.75) is 6.92 Å². The molecule has 0 N–H and O–H groups in total. The zero-order valence-corrected chi connectivity index (χ0v) is 15.6. The normalized spacial score (nSPS) is 13.1. The summed E-state index contributed by atoms with van der Waals surface area (Å²) in [5.74, 6) is 0.530. The first-order chi connectivity index (χ1) is 13.9. The standard InChI is InChI=1S/C21H15N3O5/c1-12-7-8-14-15(9-12)21(22-17-5-3-4-6-19(17)29-2)16-10-13(23(25)26)11-18(20(14)16)24(27)28/h3-11H,1-2H3. The number of nitrogens with zero attached hydrogens (tertiary/aromatic N) is 3. The molecule has 0 saturated carbocycles. The van der Waals surface area contributed by atoms with Crippen LogP contribution in [0.25, 0.3) is 11.1 Å². The van der Waals surface area contributed by atoms with Crippen LogP contribution < -0.4 is 4.74 Å². The molecule has 0 atom stereocenters. The number of hydrogen-bond acceptors (Lipinski definition) is 6. The molecular weight excluding hydrogens is 374 g/mol. The summed E-state index contributed by atoms with van der Waals surface area (Å²) >= 11 is 0. The van der Waals surface area contributed by atoms with E-state index >= 15 is 0 Å². The van der Waals surface area contributed by atoms with E-state index in [1.165, 1.54) is 13.2 Å². The Morgan fingerprint density at radius 1 is 0.897 bits per heavy atom. The molecule has 0 heterocycles. The summed E-state index contributed by atoms with van der Waals surface area (Å²) in [6.07, 6.45) is 0. The lowest BCUT2D eigenvalue weighted by atomic mass is 10.0. The average molecular weight is 389 g/mol. The van der Waals surface area contributed by atoms with Gasteiger partial charge in [0.15, 0.2) is 0 Å². The van der Waals surface area contributed by atoms with Gasteiger partial charge in [-0.3, -0.25) is 20.2 Å². The van der Waals surface area contributed by atoms with Gasteiger partial charge in [0.25, 0.3) is 11.4 Å². The molecule has 144 valence electrons. The molecule has 0 amide bonds. The first-order valence-electron chi connectivity index (χ1n) is 8.71. The summed E-state index contributed by atoms with van der Waals surface area (Å²) in [5.41, 5.74) is 3.25. The Labute approximate surface area is 165 Å². The van der Waals surface area contributed by atoms with Crippen LogP contribution in [0.4, 0.5) is 17.1 Å². The summed E-state index contributed by atoms with van der Waals surface area (Å²) in [5, 5.41) is 23.1. The van der Waals surface area contributed by atoms with Crippen LogP contribution in [0.3, 0.4) is 0 Å². The molecule has 3 aromatic rings. The van der Waals surface area contributed by atoms with Crippen LogP contribution in [0.5, 0.6) is 5.75 Å². The van der Waals surface area contributed by atoms with Gasteiger partial charge in [-0.2, -0.15) is 0 Å². The highest BCUT2D eigenvalue weighted by Crippen LogP contribution is 2.46. The molecule has 29 heavy (non-hydrogen) atoms. The van der Waals surface area contributed by atoms with E-state index in [4.69, 9.17) is 9.73 Å². The third-order valence-corrected chi connectivity index (χ3v) is 4.78. The summed E-state index contributed by atoms with van der Waals surface area (Å²) in [7, 11) is 1.52. The van der Waals surface area contributed by atoms with E-state index in [0.29, 0.717) is 39.4 Å². The van der Waals surface area contributed by atoms with Gasteiger partial charge in [0.1, 0.15) is 11.4 Å². The number of para-hydroxylation sites is 2. The first kappa shape index (κ1) is 18.3. The zero-order chi connectivity index (χ0) is 20.7. The van der Waals surface area contributed by atoms with Crippen LogP contribution in [-0.4, -0.2) is 22.7 Å². The lowest BCUT2D eigenvalue weighted by Gasteiger charge is -2.07. The van der Waals surface area contributed by atoms with Gasteiger partial charge in [0.05, 0.1) is 34.3 Å². The molecule has 8 heteroatoms. The number of hydrogen-bond donors (Lipinski definition) is 0. The number of ether oxygens (including phenoxy) is 1. The van der Waals surface area contributed by atoms with Gasteiger partial charge >= 0.3 is 0 Å². The Bertz CT molecular complexity index is 1220. The van der Waals surface area contributed by atoms with Gasteiger partial charge in [-0.15, -0.1) is 0 Å². The van der Waals surface area contributed by atoms with E-state index < -0.39 is 9.85 Å². The lowest BCUT2D eigenvalue weighted by molar-refractivity contribution is -0.393. The minimum atomic E-state index is -0.637. The second kappa shape index (κ2) is 6.83. The van der Waals surface area contributed by atoms with Gasteiger partial charge in [-0.1, -0.05) is 29.8 Å². The minimum absolute atomic E-state index is 0.315. The fourth-order valence-corrected chi connectivity index (χ4v) is 3.51. The van der Waals surface area contributed by atoms with Gasteiger partial charge < -0.3 is 4.74 Å². The number of nitro groups is 2. The summed E-state index contributed by atoms with van der Waals surface area (Å²) in [4.78, 5) is 26.6. The number of rotatable bonds is 4. The van der Waals surface area contributed by atoms with E-state index in [0.717, 1.165) is 11.6 Å². The Hall–Kier alpha value is -4.07. The smallest absolute Gasteiger partial charge is 0.284 e. The number of aryl methyl sites for hydroxylation is 1. The second-order valence-corrected chi connectivity index (χ2v) is 6.58. The maximum Gasteiger partial charge on any atom is 0.284 e. The Morgan fingerprint density at radius 3 is 2.34 bits per heavy atom. The van der Waals surface area contributed by atoms with Crippen LogP contribution in [0, 0.1) is 27.2 Å². The van der Waals surface area contributed by atoms with E-state index in [2.05, 4.69) is 0 Å². The van der Waals surface area contributed by atoms with E-state index in [9.17, 15) is 20.2 Å². The van der Waals surface area contributed by atoms with Crippen LogP contribution in [-0.2, 0) is 0 Å².